The van der Waals surface area contributed by atoms with Crippen LogP contribution in [0.15, 0.2) is 24.3 Å². The summed E-state index contributed by atoms with van der Waals surface area (Å²) in [6.45, 7) is 15.4. The Labute approximate surface area is 146 Å². The number of nitrogens with zero attached hydrogens (tertiary/aromatic N) is 2. The van der Waals surface area contributed by atoms with Crippen molar-refractivity contribution in [2.75, 3.05) is 18.0 Å². The van der Waals surface area contributed by atoms with E-state index in [4.69, 9.17) is 0 Å². The van der Waals surface area contributed by atoms with Gasteiger partial charge in [-0.25, -0.2) is 9.48 Å². The molecule has 0 aromatic heterocycles. The minimum absolute atomic E-state index is 1.09. The molecule has 0 atom stereocenters. The summed E-state index contributed by atoms with van der Waals surface area (Å²) in [5, 5.41) is 0. The van der Waals surface area contributed by atoms with E-state index in [1.54, 1.807) is 0 Å². The topological polar surface area (TPSA) is 6.25 Å². The van der Waals surface area contributed by atoms with Gasteiger partial charge in [0.2, 0.25) is 6.34 Å². The van der Waals surface area contributed by atoms with Crippen LogP contribution in [0.5, 0.6) is 0 Å². The van der Waals surface area contributed by atoms with Crippen molar-refractivity contribution in [2.45, 2.75) is 48.0 Å². The van der Waals surface area contributed by atoms with Crippen LogP contribution in [0.25, 0.3) is 0 Å². The summed E-state index contributed by atoms with van der Waals surface area (Å²) < 4.78 is 2.44. The fourth-order valence-electron chi connectivity index (χ4n) is 4.29. The highest BCUT2D eigenvalue weighted by Crippen LogP contribution is 2.29. The molecule has 0 amide bonds. The largest absolute Gasteiger partial charge is 0.244 e. The van der Waals surface area contributed by atoms with Gasteiger partial charge in [-0.05, 0) is 63.8 Å². The second-order valence-electron chi connectivity index (χ2n) is 7.35. The average molecular weight is 321 g/mol. The Balaban J connectivity index is 2.07. The Morgan fingerprint density at radius 2 is 1.25 bits per heavy atom. The molecule has 2 heteroatoms. The average Bonchev–Trinajstić information content (AvgIpc) is 2.45. The molecule has 0 unspecified atom stereocenters. The summed E-state index contributed by atoms with van der Waals surface area (Å²) in [6.07, 6.45) is 3.49. The standard InChI is InChI=1S/C22H29N2/c1-15-10-17(3)21(18(4)11-15)23-8-7-9-24(14-23)22-19(5)12-16(2)13-20(22)6/h10-14H,7-9H2,1-6H3/q+1. The minimum atomic E-state index is 1.09. The van der Waals surface area contributed by atoms with Gasteiger partial charge in [0.05, 0.1) is 13.1 Å². The van der Waals surface area contributed by atoms with Crippen molar-refractivity contribution < 1.29 is 4.58 Å². The van der Waals surface area contributed by atoms with Crippen molar-refractivity contribution in [3.8, 4) is 0 Å². The first-order valence-electron chi connectivity index (χ1n) is 8.91. The summed E-state index contributed by atoms with van der Waals surface area (Å²) in [6, 6.07) is 9.16. The monoisotopic (exact) mass is 321 g/mol. The molecule has 1 heterocycles. The van der Waals surface area contributed by atoms with Gasteiger partial charge < -0.3 is 0 Å². The zero-order valence-corrected chi connectivity index (χ0v) is 15.9. The van der Waals surface area contributed by atoms with Crippen molar-refractivity contribution >= 4 is 17.7 Å². The number of rotatable bonds is 2. The third kappa shape index (κ3) is 3.10. The Morgan fingerprint density at radius 1 is 0.750 bits per heavy atom. The van der Waals surface area contributed by atoms with E-state index >= 15 is 0 Å². The molecule has 0 radical (unpaired) electrons. The molecule has 3 rings (SSSR count). The van der Waals surface area contributed by atoms with E-state index in [9.17, 15) is 0 Å². The number of anilines is 1. The molecule has 2 aromatic rings. The van der Waals surface area contributed by atoms with Gasteiger partial charge >= 0.3 is 0 Å². The van der Waals surface area contributed by atoms with Gasteiger partial charge in [0.25, 0.3) is 0 Å². The van der Waals surface area contributed by atoms with E-state index in [1.165, 1.54) is 51.2 Å². The molecule has 126 valence electrons. The third-order valence-electron chi connectivity index (χ3n) is 4.92. The minimum Gasteiger partial charge on any atom is -0.233 e. The van der Waals surface area contributed by atoms with Crippen LogP contribution in [0, 0.1) is 41.5 Å². The second-order valence-corrected chi connectivity index (χ2v) is 7.35. The summed E-state index contributed by atoms with van der Waals surface area (Å²) in [4.78, 5) is 2.44. The van der Waals surface area contributed by atoms with Crippen LogP contribution in [-0.4, -0.2) is 24.0 Å². The highest BCUT2D eigenvalue weighted by molar-refractivity contribution is 5.81. The molecular formula is C22H29N2+. The van der Waals surface area contributed by atoms with Crippen LogP contribution in [0.3, 0.4) is 0 Å². The van der Waals surface area contributed by atoms with Crippen molar-refractivity contribution in [1.29, 1.82) is 0 Å². The second kappa shape index (κ2) is 6.43. The van der Waals surface area contributed by atoms with E-state index in [2.05, 4.69) is 81.6 Å². The van der Waals surface area contributed by atoms with Gasteiger partial charge in [-0.2, -0.15) is 0 Å². The van der Waals surface area contributed by atoms with Crippen LogP contribution in [0.2, 0.25) is 0 Å². The highest BCUT2D eigenvalue weighted by atomic mass is 15.2. The van der Waals surface area contributed by atoms with Crippen LogP contribution in [0.1, 0.15) is 39.8 Å². The lowest BCUT2D eigenvalue weighted by Gasteiger charge is -2.24. The number of hydrogen-bond donors (Lipinski definition) is 0. The van der Waals surface area contributed by atoms with Crippen molar-refractivity contribution in [3.05, 3.63) is 57.6 Å². The van der Waals surface area contributed by atoms with Gasteiger partial charge in [-0.3, -0.25) is 0 Å². The smallest absolute Gasteiger partial charge is 0.233 e. The SMILES string of the molecule is Cc1cc(C)c(N2C=[N+](c3c(C)cc(C)cc3C)CCC2)c(C)c1. The molecule has 1 aliphatic heterocycles. The molecule has 2 aromatic carbocycles. The van der Waals surface area contributed by atoms with Crippen molar-refractivity contribution in [3.63, 3.8) is 0 Å². The van der Waals surface area contributed by atoms with E-state index in [0.29, 0.717) is 0 Å². The Bertz CT molecular complexity index is 769. The highest BCUT2D eigenvalue weighted by Gasteiger charge is 2.24. The number of hydrogen-bond acceptors (Lipinski definition) is 1. The first-order chi connectivity index (χ1) is 11.4. The molecule has 24 heavy (non-hydrogen) atoms. The fraction of sp³-hybridized carbons (Fsp3) is 0.409. The normalized spacial score (nSPS) is 14.8. The maximum atomic E-state index is 2.44. The maximum Gasteiger partial charge on any atom is 0.244 e. The molecule has 0 saturated carbocycles. The Morgan fingerprint density at radius 3 is 1.79 bits per heavy atom. The zero-order chi connectivity index (χ0) is 17.4. The van der Waals surface area contributed by atoms with Crippen LogP contribution in [-0.2, 0) is 0 Å². The lowest BCUT2D eigenvalue weighted by Crippen LogP contribution is -2.35. The predicted molar refractivity (Wildman–Crippen MR) is 104 cm³/mol. The zero-order valence-electron chi connectivity index (χ0n) is 15.9. The first kappa shape index (κ1) is 16.8. The summed E-state index contributed by atoms with van der Waals surface area (Å²) >= 11 is 0. The molecule has 0 aliphatic carbocycles. The fourth-order valence-corrected chi connectivity index (χ4v) is 4.29. The quantitative estimate of drug-likeness (QED) is 0.696. The molecule has 2 nitrogen and oxygen atoms in total. The van der Waals surface area contributed by atoms with Crippen molar-refractivity contribution in [2.24, 2.45) is 0 Å². The Kier molecular flexibility index (Phi) is 4.49. The lowest BCUT2D eigenvalue weighted by atomic mass is 10.0. The van der Waals surface area contributed by atoms with Gasteiger partial charge in [-0.1, -0.05) is 35.4 Å². The maximum absolute atomic E-state index is 2.44. The summed E-state index contributed by atoms with van der Waals surface area (Å²) in [5.74, 6) is 0. The summed E-state index contributed by atoms with van der Waals surface area (Å²) in [7, 11) is 0. The van der Waals surface area contributed by atoms with Crippen molar-refractivity contribution in [1.82, 2.24) is 0 Å². The Hall–Kier alpha value is -2.09. The van der Waals surface area contributed by atoms with E-state index < -0.39 is 0 Å². The third-order valence-corrected chi connectivity index (χ3v) is 4.92. The molecule has 0 N–H and O–H groups in total. The molecule has 1 aliphatic rings. The molecule has 0 spiro atoms. The molecule has 0 bridgehead atoms. The molecular weight excluding hydrogens is 292 g/mol. The summed E-state index contributed by atoms with van der Waals surface area (Å²) in [5.41, 5.74) is 10.9. The van der Waals surface area contributed by atoms with Gasteiger partial charge in [0, 0.05) is 6.42 Å². The van der Waals surface area contributed by atoms with Gasteiger partial charge in [-0.15, -0.1) is 0 Å². The number of aryl methyl sites for hydroxylation is 6. The predicted octanol–water partition coefficient (Wildman–Crippen LogP) is 5.12. The van der Waals surface area contributed by atoms with E-state index in [0.717, 1.165) is 13.1 Å². The van der Waals surface area contributed by atoms with Gasteiger partial charge in [0.1, 0.15) is 11.4 Å². The first-order valence-corrected chi connectivity index (χ1v) is 8.91. The number of benzene rings is 2. The van der Waals surface area contributed by atoms with Crippen LogP contribution in [0.4, 0.5) is 11.4 Å². The van der Waals surface area contributed by atoms with E-state index in [-0.39, 0.29) is 0 Å². The molecule has 0 fully saturated rings. The van der Waals surface area contributed by atoms with E-state index in [1.807, 2.05) is 0 Å². The lowest BCUT2D eigenvalue weighted by molar-refractivity contribution is -0.441. The van der Waals surface area contributed by atoms with Crippen LogP contribution >= 0.6 is 0 Å². The van der Waals surface area contributed by atoms with Crippen LogP contribution < -0.4 is 4.90 Å². The van der Waals surface area contributed by atoms with Gasteiger partial charge in [0.15, 0.2) is 0 Å². The molecule has 0 saturated heterocycles.